The molecule has 3 rings (SSSR count). The van der Waals surface area contributed by atoms with Gasteiger partial charge in [-0.15, -0.1) is 11.6 Å². The summed E-state index contributed by atoms with van der Waals surface area (Å²) < 4.78 is 32.6. The molecule has 1 aliphatic rings. The molecule has 1 atom stereocenters. The van der Waals surface area contributed by atoms with Crippen LogP contribution in [0.2, 0.25) is 0 Å². The molecule has 0 saturated heterocycles. The van der Waals surface area contributed by atoms with Crippen molar-refractivity contribution in [3.05, 3.63) is 70.3 Å². The average molecular weight is 295 g/mol. The minimum Gasteiger partial charge on any atom is -0.372 e. The average Bonchev–Trinajstić information content (AvgIpc) is 2.90. The quantitative estimate of drug-likeness (QED) is 0.756. The van der Waals surface area contributed by atoms with E-state index in [-0.39, 0.29) is 12.0 Å². The van der Waals surface area contributed by atoms with E-state index in [1.807, 2.05) is 18.2 Å². The molecule has 4 heteroatoms. The maximum Gasteiger partial charge on any atom is 0.129 e. The van der Waals surface area contributed by atoms with E-state index in [4.69, 9.17) is 16.3 Å². The van der Waals surface area contributed by atoms with Gasteiger partial charge in [0, 0.05) is 5.56 Å². The highest BCUT2D eigenvalue weighted by atomic mass is 35.5. The van der Waals surface area contributed by atoms with Gasteiger partial charge in [-0.3, -0.25) is 0 Å². The van der Waals surface area contributed by atoms with Crippen molar-refractivity contribution in [2.75, 3.05) is 0 Å². The molecule has 0 saturated carbocycles. The molecule has 0 fully saturated rings. The van der Waals surface area contributed by atoms with Gasteiger partial charge in [-0.05, 0) is 35.2 Å². The van der Waals surface area contributed by atoms with Gasteiger partial charge in [-0.1, -0.05) is 24.3 Å². The molecule has 0 aliphatic carbocycles. The summed E-state index contributed by atoms with van der Waals surface area (Å²) in [5.41, 5.74) is 3.14. The van der Waals surface area contributed by atoms with Gasteiger partial charge in [0.25, 0.3) is 0 Å². The number of fused-ring (bicyclic) bond motifs is 1. The SMILES string of the molecule is Fc1cccc(F)c1CC(Cl)c1ccc2c(c1)COC2. The second-order valence-corrected chi connectivity index (χ2v) is 5.42. The van der Waals surface area contributed by atoms with Crippen LogP contribution in [0.15, 0.2) is 36.4 Å². The van der Waals surface area contributed by atoms with Crippen molar-refractivity contribution in [1.82, 2.24) is 0 Å². The van der Waals surface area contributed by atoms with Gasteiger partial charge in [0.15, 0.2) is 0 Å². The molecule has 1 heterocycles. The van der Waals surface area contributed by atoms with Crippen LogP contribution in [0.5, 0.6) is 0 Å². The minimum absolute atomic E-state index is 0.0317. The van der Waals surface area contributed by atoms with Gasteiger partial charge in [0.2, 0.25) is 0 Å². The van der Waals surface area contributed by atoms with Crippen molar-refractivity contribution in [2.45, 2.75) is 25.0 Å². The predicted octanol–water partition coefficient (Wildman–Crippen LogP) is 4.52. The summed E-state index contributed by atoms with van der Waals surface area (Å²) in [7, 11) is 0. The molecular formula is C16H13ClF2O. The summed E-state index contributed by atoms with van der Waals surface area (Å²) >= 11 is 6.31. The molecule has 0 spiro atoms. The van der Waals surface area contributed by atoms with Crippen LogP contribution in [-0.2, 0) is 24.4 Å². The Balaban J connectivity index is 1.84. The third kappa shape index (κ3) is 2.56. The Morgan fingerprint density at radius 1 is 1.05 bits per heavy atom. The van der Waals surface area contributed by atoms with Crippen molar-refractivity contribution in [2.24, 2.45) is 0 Å². The van der Waals surface area contributed by atoms with E-state index >= 15 is 0 Å². The summed E-state index contributed by atoms with van der Waals surface area (Å²) in [6.45, 7) is 1.19. The molecule has 0 aromatic heterocycles. The van der Waals surface area contributed by atoms with Crippen LogP contribution in [0, 0.1) is 11.6 Å². The third-order valence-corrected chi connectivity index (χ3v) is 3.96. The van der Waals surface area contributed by atoms with E-state index in [9.17, 15) is 8.78 Å². The van der Waals surface area contributed by atoms with Crippen molar-refractivity contribution >= 4 is 11.6 Å². The molecule has 2 aromatic carbocycles. The smallest absolute Gasteiger partial charge is 0.129 e. The molecule has 1 aliphatic heterocycles. The number of hydrogen-bond donors (Lipinski definition) is 0. The predicted molar refractivity (Wildman–Crippen MR) is 73.6 cm³/mol. The fraction of sp³-hybridized carbons (Fsp3) is 0.250. The number of halogens is 3. The van der Waals surface area contributed by atoms with Crippen LogP contribution in [0.1, 0.15) is 27.6 Å². The van der Waals surface area contributed by atoms with Crippen LogP contribution in [0.4, 0.5) is 8.78 Å². The summed E-state index contributed by atoms with van der Waals surface area (Å²) in [6.07, 6.45) is 0.125. The lowest BCUT2D eigenvalue weighted by Crippen LogP contribution is -2.02. The summed E-state index contributed by atoms with van der Waals surface area (Å²) in [4.78, 5) is 0. The van der Waals surface area contributed by atoms with Gasteiger partial charge in [0.1, 0.15) is 11.6 Å². The Morgan fingerprint density at radius 3 is 2.50 bits per heavy atom. The van der Waals surface area contributed by atoms with E-state index < -0.39 is 17.0 Å². The lowest BCUT2D eigenvalue weighted by molar-refractivity contribution is 0.134. The molecule has 104 valence electrons. The van der Waals surface area contributed by atoms with Crippen LogP contribution >= 0.6 is 11.6 Å². The third-order valence-electron chi connectivity index (χ3n) is 3.55. The lowest BCUT2D eigenvalue weighted by atomic mass is 9.99. The van der Waals surface area contributed by atoms with E-state index in [1.54, 1.807) is 0 Å². The first-order chi connectivity index (χ1) is 9.65. The Morgan fingerprint density at radius 2 is 1.75 bits per heavy atom. The van der Waals surface area contributed by atoms with E-state index in [1.165, 1.54) is 18.2 Å². The topological polar surface area (TPSA) is 9.23 Å². The molecule has 2 aromatic rings. The highest BCUT2D eigenvalue weighted by Gasteiger charge is 2.18. The summed E-state index contributed by atoms with van der Waals surface area (Å²) in [5, 5.41) is -0.465. The Hall–Kier alpha value is -1.45. The molecule has 20 heavy (non-hydrogen) atoms. The van der Waals surface area contributed by atoms with Gasteiger partial charge in [-0.25, -0.2) is 8.78 Å². The summed E-state index contributed by atoms with van der Waals surface area (Å²) in [5.74, 6) is -1.11. The van der Waals surface area contributed by atoms with Crippen molar-refractivity contribution in [3.8, 4) is 0 Å². The zero-order chi connectivity index (χ0) is 14.1. The van der Waals surface area contributed by atoms with E-state index in [0.29, 0.717) is 13.2 Å². The second kappa shape index (κ2) is 5.51. The first-order valence-corrected chi connectivity index (χ1v) is 6.85. The van der Waals surface area contributed by atoms with Crippen LogP contribution < -0.4 is 0 Å². The maximum absolute atomic E-state index is 13.6. The Labute approximate surface area is 121 Å². The zero-order valence-corrected chi connectivity index (χ0v) is 11.5. The standard InChI is InChI=1S/C16H13ClF2O/c17-14(7-13-15(18)2-1-3-16(13)19)10-4-5-11-8-20-9-12(11)6-10/h1-6,14H,7-9H2. The minimum atomic E-state index is -0.555. The number of ether oxygens (including phenoxy) is 1. The van der Waals surface area contributed by atoms with Crippen molar-refractivity contribution in [1.29, 1.82) is 0 Å². The van der Waals surface area contributed by atoms with Gasteiger partial charge in [0.05, 0.1) is 18.6 Å². The normalized spacial score (nSPS) is 15.2. The molecule has 1 unspecified atom stereocenters. The van der Waals surface area contributed by atoms with Crippen LogP contribution in [-0.4, -0.2) is 0 Å². The largest absolute Gasteiger partial charge is 0.372 e. The molecule has 0 bridgehead atoms. The highest BCUT2D eigenvalue weighted by Crippen LogP contribution is 2.30. The zero-order valence-electron chi connectivity index (χ0n) is 10.7. The molecule has 0 radical (unpaired) electrons. The maximum atomic E-state index is 13.6. The number of rotatable bonds is 3. The lowest BCUT2D eigenvalue weighted by Gasteiger charge is -2.12. The van der Waals surface area contributed by atoms with Gasteiger partial charge in [-0.2, -0.15) is 0 Å². The number of hydrogen-bond acceptors (Lipinski definition) is 1. The summed E-state index contributed by atoms with van der Waals surface area (Å²) in [6, 6.07) is 9.66. The fourth-order valence-corrected chi connectivity index (χ4v) is 2.70. The highest BCUT2D eigenvalue weighted by molar-refractivity contribution is 6.20. The van der Waals surface area contributed by atoms with E-state index in [2.05, 4.69) is 0 Å². The monoisotopic (exact) mass is 294 g/mol. The van der Waals surface area contributed by atoms with Gasteiger partial charge >= 0.3 is 0 Å². The Bertz CT molecular complexity index is 622. The Kier molecular flexibility index (Phi) is 3.72. The van der Waals surface area contributed by atoms with Crippen molar-refractivity contribution < 1.29 is 13.5 Å². The molecule has 1 nitrogen and oxygen atoms in total. The first kappa shape index (κ1) is 13.5. The number of alkyl halides is 1. The molecule has 0 N–H and O–H groups in total. The van der Waals surface area contributed by atoms with Crippen molar-refractivity contribution in [3.63, 3.8) is 0 Å². The van der Waals surface area contributed by atoms with E-state index in [0.717, 1.165) is 16.7 Å². The second-order valence-electron chi connectivity index (χ2n) is 4.89. The number of benzene rings is 2. The molecule has 0 amide bonds. The first-order valence-electron chi connectivity index (χ1n) is 6.41. The van der Waals surface area contributed by atoms with Crippen LogP contribution in [0.3, 0.4) is 0 Å². The van der Waals surface area contributed by atoms with Gasteiger partial charge < -0.3 is 4.74 Å². The van der Waals surface area contributed by atoms with Crippen LogP contribution in [0.25, 0.3) is 0 Å². The molecular weight excluding hydrogens is 282 g/mol. The fourth-order valence-electron chi connectivity index (χ4n) is 2.41.